The summed E-state index contributed by atoms with van der Waals surface area (Å²) < 4.78 is 0. The van der Waals surface area contributed by atoms with E-state index < -0.39 is 0 Å². The molecule has 1 N–H and O–H groups in total. The van der Waals surface area contributed by atoms with Crippen LogP contribution in [0.5, 0.6) is 0 Å². The highest BCUT2D eigenvalue weighted by Crippen LogP contribution is 2.09. The Bertz CT molecular complexity index is 210. The molecule has 4 heteroatoms. The fourth-order valence-corrected chi connectivity index (χ4v) is 1.99. The van der Waals surface area contributed by atoms with E-state index in [1.165, 1.54) is 0 Å². The molecule has 0 spiro atoms. The summed E-state index contributed by atoms with van der Waals surface area (Å²) in [5, 5.41) is 3.40. The number of nitrogens with one attached hydrogen (secondary N) is 1. The number of amides is 1. The summed E-state index contributed by atoms with van der Waals surface area (Å²) in [5.41, 5.74) is 0. The summed E-state index contributed by atoms with van der Waals surface area (Å²) >= 11 is 0. The van der Waals surface area contributed by atoms with Gasteiger partial charge in [0.1, 0.15) is 0 Å². The molecule has 0 aromatic carbocycles. The van der Waals surface area contributed by atoms with Crippen molar-refractivity contribution in [2.45, 2.75) is 31.8 Å². The number of piperidine rings is 1. The van der Waals surface area contributed by atoms with Crippen LogP contribution in [-0.2, 0) is 4.79 Å². The topological polar surface area (TPSA) is 35.6 Å². The normalized spacial score (nSPS) is 21.3. The van der Waals surface area contributed by atoms with Gasteiger partial charge in [-0.3, -0.25) is 4.79 Å². The van der Waals surface area contributed by atoms with Gasteiger partial charge in [0.2, 0.25) is 5.91 Å². The Balaban J connectivity index is 2.32. The minimum atomic E-state index is -0.0617. The van der Waals surface area contributed by atoms with Crippen molar-refractivity contribution in [3.8, 4) is 0 Å². The molecule has 1 rings (SSSR count). The molecule has 0 saturated carbocycles. The van der Waals surface area contributed by atoms with E-state index in [2.05, 4.69) is 17.3 Å². The molecule has 1 aliphatic rings. The number of rotatable bonds is 3. The molecule has 1 fully saturated rings. The van der Waals surface area contributed by atoms with Crippen molar-refractivity contribution in [2.24, 2.45) is 0 Å². The number of carbonyl (C=O) groups excluding carboxylic acids is 1. The molecule has 1 heterocycles. The molecule has 1 amide bonds. The highest BCUT2D eigenvalue weighted by molar-refractivity contribution is 5.80. The molecule has 0 aromatic heterocycles. The van der Waals surface area contributed by atoms with E-state index in [-0.39, 0.29) is 11.9 Å². The number of likely N-dealkylation sites (N-methyl/N-ethyl adjacent to an activating group) is 1. The van der Waals surface area contributed by atoms with E-state index >= 15 is 0 Å². The number of nitrogens with zero attached hydrogens (tertiary/aromatic N) is 2. The van der Waals surface area contributed by atoms with Crippen LogP contribution in [0.4, 0.5) is 0 Å². The van der Waals surface area contributed by atoms with Crippen molar-refractivity contribution in [3.63, 3.8) is 0 Å². The van der Waals surface area contributed by atoms with Crippen molar-refractivity contribution in [1.82, 2.24) is 15.1 Å². The predicted octanol–water partition coefficient (Wildman–Crippen LogP) is 0.147. The van der Waals surface area contributed by atoms with Gasteiger partial charge < -0.3 is 15.1 Å². The van der Waals surface area contributed by atoms with Crippen molar-refractivity contribution in [3.05, 3.63) is 0 Å². The fraction of sp³-hybridized carbons (Fsp3) is 0.909. The summed E-state index contributed by atoms with van der Waals surface area (Å²) in [6, 6.07) is 0.438. The second-order valence-corrected chi connectivity index (χ2v) is 4.70. The third kappa shape index (κ3) is 3.80. The second kappa shape index (κ2) is 5.47. The quantitative estimate of drug-likeness (QED) is 0.725. The first-order valence-corrected chi connectivity index (χ1v) is 5.66. The molecule has 88 valence electrons. The predicted molar refractivity (Wildman–Crippen MR) is 61.8 cm³/mol. The summed E-state index contributed by atoms with van der Waals surface area (Å²) in [4.78, 5) is 15.6. The van der Waals surface area contributed by atoms with Gasteiger partial charge in [-0.25, -0.2) is 0 Å². The van der Waals surface area contributed by atoms with Crippen LogP contribution in [0.1, 0.15) is 19.8 Å². The van der Waals surface area contributed by atoms with Gasteiger partial charge in [0.25, 0.3) is 0 Å². The summed E-state index contributed by atoms with van der Waals surface area (Å²) in [6.45, 7) is 4.20. The average Bonchev–Trinajstić information content (AvgIpc) is 2.20. The molecule has 1 unspecified atom stereocenters. The van der Waals surface area contributed by atoms with Crippen molar-refractivity contribution in [2.75, 3.05) is 34.2 Å². The van der Waals surface area contributed by atoms with E-state index in [1.54, 1.807) is 19.0 Å². The van der Waals surface area contributed by atoms with E-state index in [0.717, 1.165) is 25.9 Å². The number of hydrogen-bond donors (Lipinski definition) is 1. The van der Waals surface area contributed by atoms with Gasteiger partial charge in [-0.1, -0.05) is 0 Å². The standard InChI is InChI=1S/C11H23N3O/c1-9(11(15)13(2)3)12-10-5-7-14(4)8-6-10/h9-10,12H,5-8H2,1-4H3. The third-order valence-electron chi connectivity index (χ3n) is 3.02. The SMILES string of the molecule is CC(NC1CCN(C)CC1)C(=O)N(C)C. The first-order chi connectivity index (χ1) is 7.00. The number of carbonyl (C=O) groups is 1. The van der Waals surface area contributed by atoms with Gasteiger partial charge >= 0.3 is 0 Å². The molecule has 15 heavy (non-hydrogen) atoms. The van der Waals surface area contributed by atoms with Crippen LogP contribution in [-0.4, -0.2) is 62.0 Å². The minimum absolute atomic E-state index is 0.0617. The summed E-state index contributed by atoms with van der Waals surface area (Å²) in [6.07, 6.45) is 2.28. The highest BCUT2D eigenvalue weighted by Gasteiger charge is 2.21. The number of hydrogen-bond acceptors (Lipinski definition) is 3. The van der Waals surface area contributed by atoms with Crippen molar-refractivity contribution < 1.29 is 4.79 Å². The van der Waals surface area contributed by atoms with E-state index in [9.17, 15) is 4.79 Å². The van der Waals surface area contributed by atoms with Gasteiger partial charge in [-0.15, -0.1) is 0 Å². The van der Waals surface area contributed by atoms with Crippen LogP contribution < -0.4 is 5.32 Å². The first-order valence-electron chi connectivity index (χ1n) is 5.66. The highest BCUT2D eigenvalue weighted by atomic mass is 16.2. The van der Waals surface area contributed by atoms with Crippen LogP contribution >= 0.6 is 0 Å². The Morgan fingerprint density at radius 1 is 1.40 bits per heavy atom. The molecule has 0 aromatic rings. The zero-order valence-electron chi connectivity index (χ0n) is 10.3. The Morgan fingerprint density at radius 2 is 1.93 bits per heavy atom. The molecular formula is C11H23N3O. The third-order valence-corrected chi connectivity index (χ3v) is 3.02. The minimum Gasteiger partial charge on any atom is -0.347 e. The lowest BCUT2D eigenvalue weighted by Gasteiger charge is -2.31. The van der Waals surface area contributed by atoms with Gasteiger partial charge in [-0.2, -0.15) is 0 Å². The summed E-state index contributed by atoms with van der Waals surface area (Å²) in [5.74, 6) is 0.161. The molecule has 0 radical (unpaired) electrons. The molecule has 0 aliphatic carbocycles. The van der Waals surface area contributed by atoms with Gasteiger partial charge in [-0.05, 0) is 39.9 Å². The van der Waals surface area contributed by atoms with Gasteiger partial charge in [0.05, 0.1) is 6.04 Å². The van der Waals surface area contributed by atoms with Crippen molar-refractivity contribution in [1.29, 1.82) is 0 Å². The Kier molecular flexibility index (Phi) is 4.54. The van der Waals surface area contributed by atoms with Crippen LogP contribution in [0, 0.1) is 0 Å². The lowest BCUT2D eigenvalue weighted by atomic mass is 10.0. The molecule has 1 atom stereocenters. The fourth-order valence-electron chi connectivity index (χ4n) is 1.99. The number of likely N-dealkylation sites (tertiary alicyclic amines) is 1. The molecule has 1 aliphatic heterocycles. The largest absolute Gasteiger partial charge is 0.347 e. The monoisotopic (exact) mass is 213 g/mol. The van der Waals surface area contributed by atoms with Crippen LogP contribution in [0.3, 0.4) is 0 Å². The van der Waals surface area contributed by atoms with E-state index in [4.69, 9.17) is 0 Å². The zero-order valence-corrected chi connectivity index (χ0v) is 10.3. The zero-order chi connectivity index (χ0) is 11.4. The molecular weight excluding hydrogens is 190 g/mol. The molecule has 4 nitrogen and oxygen atoms in total. The Hall–Kier alpha value is -0.610. The second-order valence-electron chi connectivity index (χ2n) is 4.70. The van der Waals surface area contributed by atoms with Crippen LogP contribution in [0.15, 0.2) is 0 Å². The van der Waals surface area contributed by atoms with E-state index in [1.807, 2.05) is 6.92 Å². The van der Waals surface area contributed by atoms with Crippen LogP contribution in [0.25, 0.3) is 0 Å². The maximum Gasteiger partial charge on any atom is 0.238 e. The lowest BCUT2D eigenvalue weighted by molar-refractivity contribution is -0.130. The van der Waals surface area contributed by atoms with Crippen LogP contribution in [0.2, 0.25) is 0 Å². The smallest absolute Gasteiger partial charge is 0.238 e. The maximum absolute atomic E-state index is 11.6. The maximum atomic E-state index is 11.6. The lowest BCUT2D eigenvalue weighted by Crippen LogP contribution is -2.49. The van der Waals surface area contributed by atoms with E-state index in [0.29, 0.717) is 6.04 Å². The first kappa shape index (κ1) is 12.5. The Morgan fingerprint density at radius 3 is 2.40 bits per heavy atom. The average molecular weight is 213 g/mol. The molecule has 0 bridgehead atoms. The van der Waals surface area contributed by atoms with Gasteiger partial charge in [0.15, 0.2) is 0 Å². The Labute approximate surface area is 92.6 Å². The molecule has 1 saturated heterocycles. The van der Waals surface area contributed by atoms with Gasteiger partial charge in [0, 0.05) is 20.1 Å². The van der Waals surface area contributed by atoms with Crippen molar-refractivity contribution >= 4 is 5.91 Å². The summed E-state index contributed by atoms with van der Waals surface area (Å²) in [7, 11) is 5.74.